The third-order valence-corrected chi connectivity index (χ3v) is 5.24. The smallest absolute Gasteiger partial charge is 0.153 e. The van der Waals surface area contributed by atoms with Gasteiger partial charge in [0.15, 0.2) is 9.84 Å². The van der Waals surface area contributed by atoms with Crippen LogP contribution in [0.3, 0.4) is 0 Å². The highest BCUT2D eigenvalue weighted by molar-refractivity contribution is 7.92. The Morgan fingerprint density at radius 1 is 1.45 bits per heavy atom. The lowest BCUT2D eigenvalue weighted by Gasteiger charge is -1.99. The van der Waals surface area contributed by atoms with Gasteiger partial charge < -0.3 is 5.73 Å². The van der Waals surface area contributed by atoms with Gasteiger partial charge in [-0.05, 0) is 31.2 Å². The summed E-state index contributed by atoms with van der Waals surface area (Å²) in [6, 6.07) is 0. The summed E-state index contributed by atoms with van der Waals surface area (Å²) in [6.45, 7) is 0.632. The van der Waals surface area contributed by atoms with Gasteiger partial charge in [0, 0.05) is 0 Å². The highest BCUT2D eigenvalue weighted by Crippen LogP contribution is 2.54. The lowest BCUT2D eigenvalue weighted by atomic mass is 10.2. The van der Waals surface area contributed by atoms with Gasteiger partial charge >= 0.3 is 0 Å². The summed E-state index contributed by atoms with van der Waals surface area (Å²) < 4.78 is 22.5. The zero-order chi connectivity index (χ0) is 8.06. The van der Waals surface area contributed by atoms with E-state index >= 15 is 0 Å². The quantitative estimate of drug-likeness (QED) is 0.630. The summed E-state index contributed by atoms with van der Waals surface area (Å²) >= 11 is 0. The van der Waals surface area contributed by atoms with Crippen LogP contribution in [0, 0.1) is 11.8 Å². The van der Waals surface area contributed by atoms with E-state index in [4.69, 9.17) is 5.73 Å². The predicted molar refractivity (Wildman–Crippen MR) is 42.8 cm³/mol. The Labute approximate surface area is 66.9 Å². The maximum Gasteiger partial charge on any atom is 0.153 e. The number of fused-ring (bicyclic) bond motifs is 1. The first kappa shape index (κ1) is 7.55. The van der Waals surface area contributed by atoms with E-state index in [9.17, 15) is 8.42 Å². The Kier molecular flexibility index (Phi) is 1.51. The molecule has 2 aliphatic rings. The number of hydrogen-bond donors (Lipinski definition) is 1. The maximum absolute atomic E-state index is 11.2. The van der Waals surface area contributed by atoms with Crippen molar-refractivity contribution in [2.75, 3.05) is 12.3 Å². The van der Waals surface area contributed by atoms with E-state index in [1.165, 1.54) is 0 Å². The molecule has 11 heavy (non-hydrogen) atoms. The van der Waals surface area contributed by atoms with Crippen LogP contribution >= 0.6 is 0 Å². The van der Waals surface area contributed by atoms with Crippen LogP contribution in [0.5, 0.6) is 0 Å². The fourth-order valence-electron chi connectivity index (χ4n) is 2.33. The Hall–Kier alpha value is -0.0900. The van der Waals surface area contributed by atoms with Crippen molar-refractivity contribution in [2.24, 2.45) is 17.6 Å². The van der Waals surface area contributed by atoms with Crippen LogP contribution in [0.15, 0.2) is 0 Å². The minimum absolute atomic E-state index is 0.00560. The van der Waals surface area contributed by atoms with Crippen molar-refractivity contribution in [3.63, 3.8) is 0 Å². The topological polar surface area (TPSA) is 60.2 Å². The van der Waals surface area contributed by atoms with Crippen molar-refractivity contribution in [2.45, 2.75) is 18.1 Å². The Morgan fingerprint density at radius 2 is 2.18 bits per heavy atom. The molecule has 1 saturated heterocycles. The van der Waals surface area contributed by atoms with E-state index in [1.807, 2.05) is 0 Å². The molecule has 0 aromatic heterocycles. The van der Waals surface area contributed by atoms with Gasteiger partial charge in [-0.2, -0.15) is 0 Å². The number of rotatable bonds is 2. The second-order valence-electron chi connectivity index (χ2n) is 3.53. The summed E-state index contributed by atoms with van der Waals surface area (Å²) in [5.74, 6) is 1.31. The van der Waals surface area contributed by atoms with E-state index in [0.717, 1.165) is 12.8 Å². The third kappa shape index (κ3) is 0.999. The molecule has 3 atom stereocenters. The molecule has 0 aromatic rings. The van der Waals surface area contributed by atoms with Gasteiger partial charge in [-0.3, -0.25) is 0 Å². The standard InChI is InChI=1S/C7H13NO2S/c8-3-1-5-6-2-4-11(9,10)7(5)6/h5-7H,1-4,8H2. The molecule has 4 heteroatoms. The average Bonchev–Trinajstić information content (AvgIpc) is 2.51. The third-order valence-electron chi connectivity index (χ3n) is 2.90. The normalized spacial score (nSPS) is 45.4. The highest BCUT2D eigenvalue weighted by Gasteiger charge is 2.60. The monoisotopic (exact) mass is 175 g/mol. The lowest BCUT2D eigenvalue weighted by molar-refractivity contribution is 0.582. The van der Waals surface area contributed by atoms with Crippen LogP contribution in [0.25, 0.3) is 0 Å². The second-order valence-corrected chi connectivity index (χ2v) is 5.80. The lowest BCUT2D eigenvalue weighted by Crippen LogP contribution is -2.12. The van der Waals surface area contributed by atoms with Crippen molar-refractivity contribution in [3.8, 4) is 0 Å². The van der Waals surface area contributed by atoms with Crippen LogP contribution in [-0.4, -0.2) is 26.0 Å². The van der Waals surface area contributed by atoms with Crippen LogP contribution < -0.4 is 5.73 Å². The van der Waals surface area contributed by atoms with Gasteiger partial charge in [-0.15, -0.1) is 0 Å². The fraction of sp³-hybridized carbons (Fsp3) is 1.00. The predicted octanol–water partition coefficient (Wildman–Crippen LogP) is -0.232. The first-order valence-electron chi connectivity index (χ1n) is 4.08. The molecule has 0 amide bonds. The molecule has 0 radical (unpaired) electrons. The summed E-state index contributed by atoms with van der Waals surface area (Å²) in [6.07, 6.45) is 1.78. The molecule has 1 saturated carbocycles. The number of sulfone groups is 1. The molecule has 3 unspecified atom stereocenters. The largest absolute Gasteiger partial charge is 0.330 e. The van der Waals surface area contributed by atoms with Gasteiger partial charge in [0.25, 0.3) is 0 Å². The van der Waals surface area contributed by atoms with Crippen molar-refractivity contribution < 1.29 is 8.42 Å². The SMILES string of the molecule is NCCC1C2CCS(=O)(=O)C12. The Balaban J connectivity index is 2.07. The van der Waals surface area contributed by atoms with E-state index < -0.39 is 9.84 Å². The Morgan fingerprint density at radius 3 is 2.64 bits per heavy atom. The van der Waals surface area contributed by atoms with Crippen LogP contribution in [-0.2, 0) is 9.84 Å². The van der Waals surface area contributed by atoms with Crippen molar-refractivity contribution in [3.05, 3.63) is 0 Å². The van der Waals surface area contributed by atoms with Crippen LogP contribution in [0.2, 0.25) is 0 Å². The van der Waals surface area contributed by atoms with E-state index in [0.29, 0.717) is 24.1 Å². The van der Waals surface area contributed by atoms with Gasteiger partial charge in [0.1, 0.15) is 0 Å². The summed E-state index contributed by atoms with van der Waals surface area (Å²) in [7, 11) is -2.68. The first-order valence-corrected chi connectivity index (χ1v) is 5.80. The summed E-state index contributed by atoms with van der Waals surface area (Å²) in [4.78, 5) is 0. The molecular weight excluding hydrogens is 162 g/mol. The Bertz CT molecular complexity index is 260. The fourth-order valence-corrected chi connectivity index (χ4v) is 4.85. The van der Waals surface area contributed by atoms with Gasteiger partial charge in [0.2, 0.25) is 0 Å². The zero-order valence-corrected chi connectivity index (χ0v) is 7.18. The highest BCUT2D eigenvalue weighted by atomic mass is 32.2. The molecule has 1 aliphatic carbocycles. The first-order chi connectivity index (χ1) is 5.17. The molecule has 1 heterocycles. The molecule has 0 spiro atoms. The molecular formula is C7H13NO2S. The molecule has 64 valence electrons. The van der Waals surface area contributed by atoms with Crippen molar-refractivity contribution >= 4 is 9.84 Å². The number of hydrogen-bond acceptors (Lipinski definition) is 3. The van der Waals surface area contributed by atoms with Crippen molar-refractivity contribution in [1.82, 2.24) is 0 Å². The summed E-state index contributed by atoms with van der Waals surface area (Å²) in [5.41, 5.74) is 5.37. The van der Waals surface area contributed by atoms with Crippen molar-refractivity contribution in [1.29, 1.82) is 0 Å². The molecule has 2 fully saturated rings. The minimum atomic E-state index is -2.68. The molecule has 3 nitrogen and oxygen atoms in total. The maximum atomic E-state index is 11.2. The zero-order valence-electron chi connectivity index (χ0n) is 6.36. The summed E-state index contributed by atoms with van der Waals surface area (Å²) in [5, 5.41) is 0.00560. The second kappa shape index (κ2) is 2.20. The van der Waals surface area contributed by atoms with Crippen LogP contribution in [0.1, 0.15) is 12.8 Å². The average molecular weight is 175 g/mol. The van der Waals surface area contributed by atoms with Crippen LogP contribution in [0.4, 0.5) is 0 Å². The minimum Gasteiger partial charge on any atom is -0.330 e. The van der Waals surface area contributed by atoms with E-state index in [2.05, 4.69) is 0 Å². The molecule has 0 bridgehead atoms. The molecule has 2 rings (SSSR count). The molecule has 2 N–H and O–H groups in total. The van der Waals surface area contributed by atoms with Gasteiger partial charge in [-0.1, -0.05) is 0 Å². The van der Waals surface area contributed by atoms with Gasteiger partial charge in [-0.25, -0.2) is 8.42 Å². The van der Waals surface area contributed by atoms with Gasteiger partial charge in [0.05, 0.1) is 11.0 Å². The van der Waals surface area contributed by atoms with E-state index in [-0.39, 0.29) is 5.25 Å². The molecule has 0 aromatic carbocycles. The number of nitrogens with two attached hydrogens (primary N) is 1. The molecule has 1 aliphatic heterocycles. The van der Waals surface area contributed by atoms with E-state index in [1.54, 1.807) is 0 Å².